The number of hydrogen-bond donors (Lipinski definition) is 2. The van der Waals surface area contributed by atoms with E-state index in [1.54, 1.807) is 17.0 Å². The summed E-state index contributed by atoms with van der Waals surface area (Å²) in [6.45, 7) is 6.86. The van der Waals surface area contributed by atoms with Crippen LogP contribution in [0, 0.1) is 11.3 Å². The number of aromatic nitrogens is 1. The number of hydrogen-bond acceptors (Lipinski definition) is 4. The molecule has 1 unspecified atom stereocenters. The molecule has 6 nitrogen and oxygen atoms in total. The molecule has 0 aromatic carbocycles. The summed E-state index contributed by atoms with van der Waals surface area (Å²) in [4.78, 5) is 30.8. The van der Waals surface area contributed by atoms with Crippen LogP contribution in [0.5, 0.6) is 0 Å². The van der Waals surface area contributed by atoms with E-state index in [1.165, 1.54) is 6.20 Å². The molecule has 2 heterocycles. The average Bonchev–Trinajstić information content (AvgIpc) is 2.54. The number of rotatable bonds is 3. The van der Waals surface area contributed by atoms with Gasteiger partial charge in [-0.2, -0.15) is 0 Å². The van der Waals surface area contributed by atoms with Crippen LogP contribution in [0.3, 0.4) is 0 Å². The van der Waals surface area contributed by atoms with E-state index in [9.17, 15) is 9.59 Å². The summed E-state index contributed by atoms with van der Waals surface area (Å²) in [5.41, 5.74) is 5.76. The van der Waals surface area contributed by atoms with Crippen LogP contribution in [-0.2, 0) is 9.59 Å². The molecule has 0 radical (unpaired) electrons. The van der Waals surface area contributed by atoms with Gasteiger partial charge in [0.05, 0.1) is 17.0 Å². The third kappa shape index (κ3) is 4.68. The number of nitrogens with zero attached hydrogens (tertiary/aromatic N) is 2. The summed E-state index contributed by atoms with van der Waals surface area (Å²) in [5, 5.41) is 3.29. The van der Waals surface area contributed by atoms with Crippen molar-refractivity contribution in [3.8, 4) is 0 Å². The Morgan fingerprint density at radius 2 is 2.12 bits per heavy atom. The van der Waals surface area contributed by atoms with Crippen molar-refractivity contribution < 1.29 is 9.59 Å². The number of anilines is 1. The molecule has 7 heteroatoms. The maximum Gasteiger partial charge on any atom is 0.240 e. The minimum atomic E-state index is -0.572. The Hall–Kier alpha value is -1.66. The van der Waals surface area contributed by atoms with E-state index in [0.29, 0.717) is 23.9 Å². The Morgan fingerprint density at radius 3 is 2.71 bits per heavy atom. The lowest BCUT2D eigenvalue weighted by molar-refractivity contribution is -0.138. The normalized spacial score (nSPS) is 19.7. The van der Waals surface area contributed by atoms with Gasteiger partial charge in [-0.15, -0.1) is 0 Å². The lowest BCUT2D eigenvalue weighted by Gasteiger charge is -2.36. The maximum absolute atomic E-state index is 12.6. The van der Waals surface area contributed by atoms with Crippen LogP contribution in [0.4, 0.5) is 5.82 Å². The number of carbonyl (C=O) groups excluding carboxylic acids is 2. The predicted octanol–water partition coefficient (Wildman–Crippen LogP) is 2.29. The number of piperidine rings is 1. The third-order valence-electron chi connectivity index (χ3n) is 4.28. The highest BCUT2D eigenvalue weighted by atomic mass is 35.5. The standard InChI is InChI=1S/C17H25ClN4O2/c1-17(2,3)14(19)16(24)22-8-4-5-11(10-22)15(23)21-13-7-6-12(18)9-20-13/h6-7,9,11,14H,4-5,8,10,19H2,1-3H3,(H,20,21,23)/t11?,14-/m1/s1. The number of nitrogens with one attached hydrogen (secondary N) is 1. The number of halogens is 1. The molecule has 3 N–H and O–H groups in total. The lowest BCUT2D eigenvalue weighted by atomic mass is 9.85. The second kappa shape index (κ2) is 7.49. The van der Waals surface area contributed by atoms with Crippen molar-refractivity contribution in [3.05, 3.63) is 23.4 Å². The fourth-order valence-electron chi connectivity index (χ4n) is 2.64. The van der Waals surface area contributed by atoms with Crippen LogP contribution in [-0.4, -0.2) is 40.8 Å². The van der Waals surface area contributed by atoms with Gasteiger partial charge in [-0.25, -0.2) is 4.98 Å². The maximum atomic E-state index is 12.6. The zero-order valence-electron chi connectivity index (χ0n) is 14.4. The molecule has 2 amide bonds. The molecule has 2 rings (SSSR count). The first kappa shape index (κ1) is 18.7. The zero-order valence-corrected chi connectivity index (χ0v) is 15.1. The molecule has 1 aromatic heterocycles. The highest BCUT2D eigenvalue weighted by Crippen LogP contribution is 2.23. The zero-order chi connectivity index (χ0) is 17.9. The molecule has 2 atom stereocenters. The van der Waals surface area contributed by atoms with E-state index in [2.05, 4.69) is 10.3 Å². The number of pyridine rings is 1. The number of nitrogens with two attached hydrogens (primary N) is 1. The summed E-state index contributed by atoms with van der Waals surface area (Å²) in [6.07, 6.45) is 3.01. The van der Waals surface area contributed by atoms with Gasteiger partial charge in [0.1, 0.15) is 5.82 Å². The van der Waals surface area contributed by atoms with E-state index >= 15 is 0 Å². The van der Waals surface area contributed by atoms with Crippen LogP contribution in [0.2, 0.25) is 5.02 Å². The van der Waals surface area contributed by atoms with Crippen LogP contribution < -0.4 is 11.1 Å². The van der Waals surface area contributed by atoms with E-state index in [0.717, 1.165) is 12.8 Å². The quantitative estimate of drug-likeness (QED) is 0.873. The van der Waals surface area contributed by atoms with Crippen LogP contribution in [0.1, 0.15) is 33.6 Å². The Bertz CT molecular complexity index is 598. The Labute approximate surface area is 147 Å². The minimum Gasteiger partial charge on any atom is -0.341 e. The Kier molecular flexibility index (Phi) is 5.83. The molecular formula is C17H25ClN4O2. The molecular weight excluding hydrogens is 328 g/mol. The van der Waals surface area contributed by atoms with Crippen LogP contribution >= 0.6 is 11.6 Å². The third-order valence-corrected chi connectivity index (χ3v) is 4.51. The first-order valence-corrected chi connectivity index (χ1v) is 8.53. The first-order chi connectivity index (χ1) is 11.2. The van der Waals surface area contributed by atoms with Crippen LogP contribution in [0.15, 0.2) is 18.3 Å². The Morgan fingerprint density at radius 1 is 1.42 bits per heavy atom. The van der Waals surface area contributed by atoms with E-state index in [-0.39, 0.29) is 23.1 Å². The molecule has 1 aliphatic heterocycles. The average molecular weight is 353 g/mol. The largest absolute Gasteiger partial charge is 0.341 e. The molecule has 132 valence electrons. The number of carbonyl (C=O) groups is 2. The number of likely N-dealkylation sites (tertiary alicyclic amines) is 1. The summed E-state index contributed by atoms with van der Waals surface area (Å²) >= 11 is 5.79. The van der Waals surface area contributed by atoms with Gasteiger partial charge < -0.3 is 16.0 Å². The second-order valence-electron chi connectivity index (χ2n) is 7.32. The molecule has 24 heavy (non-hydrogen) atoms. The summed E-state index contributed by atoms with van der Waals surface area (Å²) in [7, 11) is 0. The summed E-state index contributed by atoms with van der Waals surface area (Å²) in [6, 6.07) is 2.75. The fraction of sp³-hybridized carbons (Fsp3) is 0.588. The van der Waals surface area contributed by atoms with Crippen molar-refractivity contribution in [2.45, 2.75) is 39.7 Å². The van der Waals surface area contributed by atoms with Crippen LogP contribution in [0.25, 0.3) is 0 Å². The second-order valence-corrected chi connectivity index (χ2v) is 7.75. The van der Waals surface area contributed by atoms with Crippen molar-refractivity contribution in [1.29, 1.82) is 0 Å². The first-order valence-electron chi connectivity index (χ1n) is 8.15. The monoisotopic (exact) mass is 352 g/mol. The van der Waals surface area contributed by atoms with Crippen molar-refractivity contribution in [3.63, 3.8) is 0 Å². The number of amides is 2. The SMILES string of the molecule is CC(C)(C)[C@H](N)C(=O)N1CCCC(C(=O)Nc2ccc(Cl)cn2)C1. The molecule has 0 bridgehead atoms. The van der Waals surface area contributed by atoms with Gasteiger partial charge in [-0.3, -0.25) is 9.59 Å². The fourth-order valence-corrected chi connectivity index (χ4v) is 2.75. The highest BCUT2D eigenvalue weighted by Gasteiger charge is 2.35. The van der Waals surface area contributed by atoms with Gasteiger partial charge in [0, 0.05) is 19.3 Å². The van der Waals surface area contributed by atoms with E-state index in [4.69, 9.17) is 17.3 Å². The Balaban J connectivity index is 1.98. The van der Waals surface area contributed by atoms with Gasteiger partial charge in [-0.1, -0.05) is 32.4 Å². The van der Waals surface area contributed by atoms with E-state index < -0.39 is 6.04 Å². The topological polar surface area (TPSA) is 88.3 Å². The molecule has 1 saturated heterocycles. The minimum absolute atomic E-state index is 0.0929. The van der Waals surface area contributed by atoms with Crippen molar-refractivity contribution in [1.82, 2.24) is 9.88 Å². The van der Waals surface area contributed by atoms with Crippen molar-refractivity contribution >= 4 is 29.2 Å². The summed E-state index contributed by atoms with van der Waals surface area (Å²) < 4.78 is 0. The molecule has 0 spiro atoms. The smallest absolute Gasteiger partial charge is 0.240 e. The van der Waals surface area contributed by atoms with Gasteiger partial charge in [0.25, 0.3) is 0 Å². The van der Waals surface area contributed by atoms with Gasteiger partial charge in [0.15, 0.2) is 0 Å². The predicted molar refractivity (Wildman–Crippen MR) is 94.6 cm³/mol. The van der Waals surface area contributed by atoms with E-state index in [1.807, 2.05) is 20.8 Å². The molecule has 1 fully saturated rings. The van der Waals surface area contributed by atoms with Crippen molar-refractivity contribution in [2.24, 2.45) is 17.1 Å². The van der Waals surface area contributed by atoms with Crippen molar-refractivity contribution in [2.75, 3.05) is 18.4 Å². The van der Waals surface area contributed by atoms with Gasteiger partial charge in [0.2, 0.25) is 11.8 Å². The lowest BCUT2D eigenvalue weighted by Crippen LogP contribution is -2.53. The van der Waals surface area contributed by atoms with Gasteiger partial charge in [-0.05, 0) is 30.4 Å². The molecule has 1 aliphatic rings. The molecule has 0 saturated carbocycles. The molecule has 1 aromatic rings. The van der Waals surface area contributed by atoms with Gasteiger partial charge >= 0.3 is 0 Å². The molecule has 0 aliphatic carbocycles. The highest BCUT2D eigenvalue weighted by molar-refractivity contribution is 6.30. The summed E-state index contributed by atoms with van der Waals surface area (Å²) in [5.74, 6) is -0.0251.